The van der Waals surface area contributed by atoms with Gasteiger partial charge in [0.15, 0.2) is 0 Å². The van der Waals surface area contributed by atoms with E-state index in [4.69, 9.17) is 9.47 Å². The minimum absolute atomic E-state index is 0.109. The molecule has 0 saturated carbocycles. The molecule has 0 bridgehead atoms. The molecule has 0 radical (unpaired) electrons. The molecule has 0 atom stereocenters. The summed E-state index contributed by atoms with van der Waals surface area (Å²) in [7, 11) is 0. The highest BCUT2D eigenvalue weighted by atomic mass is 19.1. The Hall–Kier alpha value is -2.70. The molecule has 1 aromatic heterocycles. The number of aromatic nitrogens is 1. The monoisotopic (exact) mass is 321 g/mol. The SMILES string of the molecule is CCOC(=O)Cn1cc(C(=O)OCC)c(=O)c2ccc(F)cc21. The molecule has 122 valence electrons. The molecule has 2 aromatic rings. The van der Waals surface area contributed by atoms with E-state index in [1.807, 2.05) is 0 Å². The highest BCUT2D eigenvalue weighted by Crippen LogP contribution is 2.15. The zero-order chi connectivity index (χ0) is 17.0. The van der Waals surface area contributed by atoms with Crippen LogP contribution in [0, 0.1) is 5.82 Å². The fourth-order valence-corrected chi connectivity index (χ4v) is 2.19. The van der Waals surface area contributed by atoms with Gasteiger partial charge in [0.25, 0.3) is 0 Å². The van der Waals surface area contributed by atoms with E-state index in [1.54, 1.807) is 13.8 Å². The van der Waals surface area contributed by atoms with Crippen LogP contribution in [0.3, 0.4) is 0 Å². The van der Waals surface area contributed by atoms with Crippen molar-refractivity contribution in [2.24, 2.45) is 0 Å². The lowest BCUT2D eigenvalue weighted by atomic mass is 10.1. The van der Waals surface area contributed by atoms with Crippen molar-refractivity contribution in [3.8, 4) is 0 Å². The van der Waals surface area contributed by atoms with E-state index in [1.165, 1.54) is 16.8 Å². The third-order valence-corrected chi connectivity index (χ3v) is 3.14. The number of hydrogen-bond acceptors (Lipinski definition) is 5. The molecule has 0 N–H and O–H groups in total. The van der Waals surface area contributed by atoms with Crippen molar-refractivity contribution < 1.29 is 23.5 Å². The molecule has 7 heteroatoms. The molecule has 0 aliphatic rings. The van der Waals surface area contributed by atoms with Crippen molar-refractivity contribution in [2.75, 3.05) is 13.2 Å². The van der Waals surface area contributed by atoms with Crippen LogP contribution >= 0.6 is 0 Å². The standard InChI is InChI=1S/C16H16FNO5/c1-3-22-14(19)9-18-8-12(16(21)23-4-2)15(20)11-6-5-10(17)7-13(11)18/h5-8H,3-4,9H2,1-2H3. The summed E-state index contributed by atoms with van der Waals surface area (Å²) >= 11 is 0. The summed E-state index contributed by atoms with van der Waals surface area (Å²) in [6.45, 7) is 3.32. The number of esters is 2. The van der Waals surface area contributed by atoms with E-state index in [0.29, 0.717) is 0 Å². The van der Waals surface area contributed by atoms with Crippen LogP contribution in [0.4, 0.5) is 4.39 Å². The van der Waals surface area contributed by atoms with Gasteiger partial charge in [-0.1, -0.05) is 0 Å². The van der Waals surface area contributed by atoms with Crippen LogP contribution < -0.4 is 5.43 Å². The summed E-state index contributed by atoms with van der Waals surface area (Å²) in [5, 5.41) is 0.126. The van der Waals surface area contributed by atoms with Gasteiger partial charge in [-0.2, -0.15) is 0 Å². The molecule has 2 rings (SSSR count). The lowest BCUT2D eigenvalue weighted by Gasteiger charge is -2.12. The van der Waals surface area contributed by atoms with E-state index >= 15 is 0 Å². The second kappa shape index (κ2) is 7.04. The van der Waals surface area contributed by atoms with Gasteiger partial charge in [0.05, 0.1) is 18.7 Å². The van der Waals surface area contributed by atoms with Gasteiger partial charge < -0.3 is 14.0 Å². The van der Waals surface area contributed by atoms with Crippen LogP contribution in [0.5, 0.6) is 0 Å². The van der Waals surface area contributed by atoms with Gasteiger partial charge in [-0.25, -0.2) is 9.18 Å². The number of hydrogen-bond donors (Lipinski definition) is 0. The van der Waals surface area contributed by atoms with Gasteiger partial charge in [0, 0.05) is 11.6 Å². The first-order valence-electron chi connectivity index (χ1n) is 7.13. The Morgan fingerprint density at radius 1 is 1.17 bits per heavy atom. The Morgan fingerprint density at radius 2 is 1.87 bits per heavy atom. The molecule has 0 aliphatic heterocycles. The van der Waals surface area contributed by atoms with E-state index in [2.05, 4.69) is 0 Å². The van der Waals surface area contributed by atoms with Crippen LogP contribution in [0.2, 0.25) is 0 Å². The molecular formula is C16H16FNO5. The van der Waals surface area contributed by atoms with Crippen molar-refractivity contribution in [3.05, 3.63) is 46.0 Å². The highest BCUT2D eigenvalue weighted by Gasteiger charge is 2.18. The van der Waals surface area contributed by atoms with Crippen LogP contribution in [0.1, 0.15) is 24.2 Å². The van der Waals surface area contributed by atoms with Crippen molar-refractivity contribution in [3.63, 3.8) is 0 Å². The second-order valence-corrected chi connectivity index (χ2v) is 4.69. The van der Waals surface area contributed by atoms with Crippen molar-refractivity contribution in [2.45, 2.75) is 20.4 Å². The number of fused-ring (bicyclic) bond motifs is 1. The van der Waals surface area contributed by atoms with E-state index in [9.17, 15) is 18.8 Å². The zero-order valence-corrected chi connectivity index (χ0v) is 12.8. The first-order valence-corrected chi connectivity index (χ1v) is 7.13. The summed E-state index contributed by atoms with van der Waals surface area (Å²) in [5.74, 6) is -1.91. The molecule has 0 saturated heterocycles. The van der Waals surface area contributed by atoms with Gasteiger partial charge in [0.1, 0.15) is 17.9 Å². The molecule has 0 unspecified atom stereocenters. The predicted molar refractivity (Wildman–Crippen MR) is 80.8 cm³/mol. The second-order valence-electron chi connectivity index (χ2n) is 4.69. The maximum Gasteiger partial charge on any atom is 0.343 e. The molecule has 0 fully saturated rings. The number of carbonyl (C=O) groups is 2. The Labute approximate surface area is 131 Å². The topological polar surface area (TPSA) is 74.6 Å². The third-order valence-electron chi connectivity index (χ3n) is 3.14. The van der Waals surface area contributed by atoms with Gasteiger partial charge in [-0.3, -0.25) is 9.59 Å². The Kier molecular flexibility index (Phi) is 5.10. The van der Waals surface area contributed by atoms with Gasteiger partial charge in [0.2, 0.25) is 5.43 Å². The maximum atomic E-state index is 13.5. The number of halogens is 1. The Morgan fingerprint density at radius 3 is 2.52 bits per heavy atom. The number of benzene rings is 1. The lowest BCUT2D eigenvalue weighted by Crippen LogP contribution is -2.23. The fourth-order valence-electron chi connectivity index (χ4n) is 2.19. The summed E-state index contributed by atoms with van der Waals surface area (Å²) in [6, 6.07) is 3.52. The highest BCUT2D eigenvalue weighted by molar-refractivity contribution is 5.94. The van der Waals surface area contributed by atoms with Crippen LogP contribution in [-0.4, -0.2) is 29.7 Å². The number of rotatable bonds is 5. The molecule has 6 nitrogen and oxygen atoms in total. The van der Waals surface area contributed by atoms with Crippen LogP contribution in [0.15, 0.2) is 29.2 Å². The van der Waals surface area contributed by atoms with Gasteiger partial charge in [-0.05, 0) is 32.0 Å². The molecule has 1 aromatic carbocycles. The van der Waals surface area contributed by atoms with E-state index in [-0.39, 0.29) is 36.2 Å². The Bertz CT molecular complexity index is 812. The first-order chi connectivity index (χ1) is 11.0. The minimum atomic E-state index is -0.790. The predicted octanol–water partition coefficient (Wildman–Crippen LogP) is 1.88. The largest absolute Gasteiger partial charge is 0.465 e. The molecule has 0 spiro atoms. The molecule has 0 amide bonds. The first kappa shape index (κ1) is 16.7. The van der Waals surface area contributed by atoms with Crippen molar-refractivity contribution >= 4 is 22.8 Å². The van der Waals surface area contributed by atoms with E-state index < -0.39 is 23.2 Å². The third kappa shape index (κ3) is 3.56. The number of nitrogens with zero attached hydrogens (tertiary/aromatic N) is 1. The van der Waals surface area contributed by atoms with Crippen LogP contribution in [-0.2, 0) is 20.8 Å². The summed E-state index contributed by atoms with van der Waals surface area (Å²) in [5.41, 5.74) is -0.579. The summed E-state index contributed by atoms with van der Waals surface area (Å²) in [6.07, 6.45) is 1.19. The lowest BCUT2D eigenvalue weighted by molar-refractivity contribution is -0.143. The number of carbonyl (C=O) groups excluding carboxylic acids is 2. The maximum absolute atomic E-state index is 13.5. The fraction of sp³-hybridized carbons (Fsp3) is 0.312. The average molecular weight is 321 g/mol. The van der Waals surface area contributed by atoms with E-state index in [0.717, 1.165) is 12.1 Å². The normalized spacial score (nSPS) is 10.6. The Balaban J connectivity index is 2.64. The molecule has 23 heavy (non-hydrogen) atoms. The molecule has 1 heterocycles. The molecule has 0 aliphatic carbocycles. The quantitative estimate of drug-likeness (QED) is 0.786. The number of ether oxygens (including phenoxy) is 2. The van der Waals surface area contributed by atoms with Gasteiger partial charge in [-0.15, -0.1) is 0 Å². The van der Waals surface area contributed by atoms with Crippen molar-refractivity contribution in [1.82, 2.24) is 4.57 Å². The smallest absolute Gasteiger partial charge is 0.343 e. The van der Waals surface area contributed by atoms with Crippen LogP contribution in [0.25, 0.3) is 10.9 Å². The average Bonchev–Trinajstić information content (AvgIpc) is 2.50. The van der Waals surface area contributed by atoms with Gasteiger partial charge >= 0.3 is 11.9 Å². The zero-order valence-electron chi connectivity index (χ0n) is 12.8. The molecular weight excluding hydrogens is 305 g/mol. The van der Waals surface area contributed by atoms with Crippen molar-refractivity contribution in [1.29, 1.82) is 0 Å². The summed E-state index contributed by atoms with van der Waals surface area (Å²) < 4.78 is 24.5. The summed E-state index contributed by atoms with van der Waals surface area (Å²) in [4.78, 5) is 36.0. The number of pyridine rings is 1. The minimum Gasteiger partial charge on any atom is -0.465 e.